The first-order valence-electron chi connectivity index (χ1n) is 8.76. The van der Waals surface area contributed by atoms with Crippen LogP contribution in [0.3, 0.4) is 0 Å². The van der Waals surface area contributed by atoms with Gasteiger partial charge in [-0.2, -0.15) is 0 Å². The fourth-order valence-electron chi connectivity index (χ4n) is 3.11. The molecule has 124 valence electrons. The molecule has 1 aliphatic carbocycles. The maximum absolute atomic E-state index is 5.62. The van der Waals surface area contributed by atoms with E-state index in [-0.39, 0.29) is 0 Å². The number of rotatable bonds is 6. The molecule has 1 aromatic heterocycles. The first kappa shape index (κ1) is 16.1. The van der Waals surface area contributed by atoms with Gasteiger partial charge >= 0.3 is 0 Å². The van der Waals surface area contributed by atoms with Crippen LogP contribution in [-0.2, 0) is 6.54 Å². The van der Waals surface area contributed by atoms with E-state index in [1.54, 1.807) is 6.26 Å². The third kappa shape index (κ3) is 4.58. The summed E-state index contributed by atoms with van der Waals surface area (Å²) >= 11 is 0. The molecule has 1 saturated carbocycles. The van der Waals surface area contributed by atoms with Crippen molar-refractivity contribution < 1.29 is 9.15 Å². The summed E-state index contributed by atoms with van der Waals surface area (Å²) in [6.07, 6.45) is 9.76. The first-order chi connectivity index (χ1) is 11.3. The van der Waals surface area contributed by atoms with E-state index in [0.717, 1.165) is 23.6 Å². The molecule has 0 aliphatic heterocycles. The van der Waals surface area contributed by atoms with Crippen LogP contribution in [0.5, 0.6) is 5.75 Å². The molecule has 2 aromatic rings. The van der Waals surface area contributed by atoms with Crippen molar-refractivity contribution in [2.45, 2.75) is 58.0 Å². The molecule has 0 amide bonds. The molecular weight excluding hydrogens is 288 g/mol. The molecule has 0 atom stereocenters. The summed E-state index contributed by atoms with van der Waals surface area (Å²) < 4.78 is 11.1. The molecule has 0 unspecified atom stereocenters. The van der Waals surface area contributed by atoms with Gasteiger partial charge in [0, 0.05) is 18.2 Å². The van der Waals surface area contributed by atoms with Gasteiger partial charge in [0.2, 0.25) is 5.89 Å². The molecule has 0 radical (unpaired) electrons. The number of hydrogen-bond acceptors (Lipinski definition) is 4. The fraction of sp³-hybridized carbons (Fsp3) is 0.526. The van der Waals surface area contributed by atoms with Crippen molar-refractivity contribution in [1.29, 1.82) is 0 Å². The van der Waals surface area contributed by atoms with Gasteiger partial charge in [0.25, 0.3) is 0 Å². The predicted octanol–water partition coefficient (Wildman–Crippen LogP) is 4.55. The minimum absolute atomic E-state index is 0.628. The van der Waals surface area contributed by atoms with E-state index in [1.807, 2.05) is 31.2 Å². The number of benzene rings is 1. The monoisotopic (exact) mass is 314 g/mol. The second kappa shape index (κ2) is 8.16. The number of oxazole rings is 1. The van der Waals surface area contributed by atoms with Crippen molar-refractivity contribution in [3.05, 3.63) is 36.2 Å². The highest BCUT2D eigenvalue weighted by Gasteiger charge is 2.13. The zero-order chi connectivity index (χ0) is 15.9. The lowest BCUT2D eigenvalue weighted by Gasteiger charge is -2.14. The van der Waals surface area contributed by atoms with Crippen molar-refractivity contribution in [2.24, 2.45) is 0 Å². The number of ether oxygens (including phenoxy) is 1. The van der Waals surface area contributed by atoms with Crippen LogP contribution in [0, 0.1) is 0 Å². The van der Waals surface area contributed by atoms with Crippen LogP contribution in [0.15, 0.2) is 34.9 Å². The molecule has 1 N–H and O–H groups in total. The topological polar surface area (TPSA) is 47.3 Å². The van der Waals surface area contributed by atoms with Gasteiger partial charge in [-0.1, -0.05) is 25.7 Å². The van der Waals surface area contributed by atoms with Gasteiger partial charge in [-0.05, 0) is 44.0 Å². The van der Waals surface area contributed by atoms with Gasteiger partial charge in [0.15, 0.2) is 0 Å². The molecule has 4 heteroatoms. The fourth-order valence-corrected chi connectivity index (χ4v) is 3.11. The van der Waals surface area contributed by atoms with Gasteiger partial charge < -0.3 is 14.5 Å². The van der Waals surface area contributed by atoms with Gasteiger partial charge in [-0.15, -0.1) is 0 Å². The first-order valence-corrected chi connectivity index (χ1v) is 8.76. The van der Waals surface area contributed by atoms with E-state index in [4.69, 9.17) is 9.15 Å². The molecule has 1 fully saturated rings. The maximum atomic E-state index is 5.62. The minimum Gasteiger partial charge on any atom is -0.494 e. The zero-order valence-corrected chi connectivity index (χ0v) is 13.9. The number of nitrogens with one attached hydrogen (secondary N) is 1. The second-order valence-corrected chi connectivity index (χ2v) is 6.17. The van der Waals surface area contributed by atoms with E-state index in [9.17, 15) is 0 Å². The molecule has 4 nitrogen and oxygen atoms in total. The molecular formula is C19H26N2O2. The smallest absolute Gasteiger partial charge is 0.226 e. The highest BCUT2D eigenvalue weighted by molar-refractivity contribution is 5.54. The average molecular weight is 314 g/mol. The van der Waals surface area contributed by atoms with Crippen LogP contribution < -0.4 is 10.1 Å². The Labute approximate surface area is 138 Å². The summed E-state index contributed by atoms with van der Waals surface area (Å²) in [7, 11) is 0. The third-order valence-electron chi connectivity index (χ3n) is 4.39. The van der Waals surface area contributed by atoms with Gasteiger partial charge in [-0.3, -0.25) is 0 Å². The van der Waals surface area contributed by atoms with E-state index >= 15 is 0 Å². The molecule has 3 rings (SSSR count). The van der Waals surface area contributed by atoms with E-state index in [1.165, 1.54) is 38.5 Å². The van der Waals surface area contributed by atoms with E-state index in [2.05, 4.69) is 10.3 Å². The molecule has 23 heavy (non-hydrogen) atoms. The Morgan fingerprint density at radius 3 is 2.57 bits per heavy atom. The van der Waals surface area contributed by atoms with Crippen molar-refractivity contribution in [1.82, 2.24) is 10.3 Å². The van der Waals surface area contributed by atoms with Crippen LogP contribution in [-0.4, -0.2) is 17.6 Å². The Hall–Kier alpha value is -1.81. The molecule has 0 saturated heterocycles. The summed E-state index contributed by atoms with van der Waals surface area (Å²) in [4.78, 5) is 4.59. The van der Waals surface area contributed by atoms with Crippen LogP contribution in [0.1, 0.15) is 51.1 Å². The van der Waals surface area contributed by atoms with Crippen LogP contribution >= 0.6 is 0 Å². The molecule has 0 spiro atoms. The predicted molar refractivity (Wildman–Crippen MR) is 91.4 cm³/mol. The minimum atomic E-state index is 0.628. The summed E-state index contributed by atoms with van der Waals surface area (Å²) in [6.45, 7) is 3.44. The normalized spacial score (nSPS) is 16.2. The number of hydrogen-bond donors (Lipinski definition) is 1. The Kier molecular flexibility index (Phi) is 5.70. The summed E-state index contributed by atoms with van der Waals surface area (Å²) in [5.74, 6) is 1.55. The standard InChI is InChI=1S/C19H26N2O2/c1-2-22-18-11-9-15(10-12-18)19-21-17(14-23-19)13-20-16-7-5-3-4-6-8-16/h9-12,14,16,20H,2-8,13H2,1H3. The lowest BCUT2D eigenvalue weighted by Crippen LogP contribution is -2.27. The lowest BCUT2D eigenvalue weighted by molar-refractivity contribution is 0.340. The van der Waals surface area contributed by atoms with Gasteiger partial charge in [0.05, 0.1) is 12.3 Å². The van der Waals surface area contributed by atoms with Gasteiger partial charge in [-0.25, -0.2) is 4.98 Å². The van der Waals surface area contributed by atoms with Crippen LogP contribution in [0.2, 0.25) is 0 Å². The Bertz CT molecular complexity index is 584. The Morgan fingerprint density at radius 1 is 1.13 bits per heavy atom. The number of aromatic nitrogens is 1. The summed E-state index contributed by atoms with van der Waals surface area (Å²) in [5, 5.41) is 3.63. The van der Waals surface area contributed by atoms with Crippen molar-refractivity contribution in [2.75, 3.05) is 6.61 Å². The number of nitrogens with zero attached hydrogens (tertiary/aromatic N) is 1. The lowest BCUT2D eigenvalue weighted by atomic mass is 10.1. The van der Waals surface area contributed by atoms with E-state index < -0.39 is 0 Å². The highest BCUT2D eigenvalue weighted by Crippen LogP contribution is 2.22. The van der Waals surface area contributed by atoms with Crippen molar-refractivity contribution in [3.63, 3.8) is 0 Å². The molecule has 1 aliphatic rings. The van der Waals surface area contributed by atoms with Crippen LogP contribution in [0.4, 0.5) is 0 Å². The quantitative estimate of drug-likeness (QED) is 0.794. The van der Waals surface area contributed by atoms with Crippen molar-refractivity contribution >= 4 is 0 Å². The van der Waals surface area contributed by atoms with Crippen molar-refractivity contribution in [3.8, 4) is 17.2 Å². The van der Waals surface area contributed by atoms with Crippen LogP contribution in [0.25, 0.3) is 11.5 Å². The molecule has 1 aromatic carbocycles. The Balaban J connectivity index is 1.56. The SMILES string of the molecule is CCOc1ccc(-c2nc(CNC3CCCCCC3)co2)cc1. The third-order valence-corrected chi connectivity index (χ3v) is 4.39. The van der Waals surface area contributed by atoms with E-state index in [0.29, 0.717) is 18.5 Å². The highest BCUT2D eigenvalue weighted by atomic mass is 16.5. The Morgan fingerprint density at radius 2 is 1.87 bits per heavy atom. The van der Waals surface area contributed by atoms with Gasteiger partial charge in [0.1, 0.15) is 12.0 Å². The average Bonchev–Trinajstić information content (AvgIpc) is 2.89. The zero-order valence-electron chi connectivity index (χ0n) is 13.9. The second-order valence-electron chi connectivity index (χ2n) is 6.17. The summed E-state index contributed by atoms with van der Waals surface area (Å²) in [5.41, 5.74) is 1.95. The maximum Gasteiger partial charge on any atom is 0.226 e. The molecule has 1 heterocycles. The largest absolute Gasteiger partial charge is 0.494 e. The molecule has 0 bridgehead atoms. The summed E-state index contributed by atoms with van der Waals surface area (Å²) in [6, 6.07) is 8.50.